The van der Waals surface area contributed by atoms with Gasteiger partial charge in [-0.15, -0.1) is 0 Å². The summed E-state index contributed by atoms with van der Waals surface area (Å²) in [4.78, 5) is 0. The third kappa shape index (κ3) is 3.01. The number of aromatic nitrogens is 3. The van der Waals surface area contributed by atoms with E-state index in [0.29, 0.717) is 5.15 Å². The fraction of sp³-hybridized carbons (Fsp3) is 0.500. The highest BCUT2D eigenvalue weighted by Gasteiger charge is 2.13. The van der Waals surface area contributed by atoms with E-state index in [9.17, 15) is 0 Å². The number of aryl methyl sites for hydroxylation is 2. The first-order valence-corrected chi connectivity index (χ1v) is 6.98. The highest BCUT2D eigenvalue weighted by atomic mass is 35.5. The lowest BCUT2D eigenvalue weighted by molar-refractivity contribution is 0.609. The first-order valence-electron chi connectivity index (χ1n) is 6.60. The van der Waals surface area contributed by atoms with Crippen LogP contribution in [0.1, 0.15) is 30.3 Å². The van der Waals surface area contributed by atoms with Gasteiger partial charge in [0.25, 0.3) is 0 Å². The molecule has 2 aromatic heterocycles. The minimum absolute atomic E-state index is 0.208. The Labute approximate surface area is 119 Å². The van der Waals surface area contributed by atoms with Crippen LogP contribution in [0.5, 0.6) is 0 Å². The molecule has 104 valence electrons. The molecule has 2 heterocycles. The molecule has 5 heteroatoms. The summed E-state index contributed by atoms with van der Waals surface area (Å²) in [5.41, 5.74) is 9.33. The molecule has 0 bridgehead atoms. The Kier molecular flexibility index (Phi) is 4.32. The molecule has 1 atom stereocenters. The summed E-state index contributed by atoms with van der Waals surface area (Å²) in [6.07, 6.45) is 3.94. The minimum atomic E-state index is 0.208. The van der Waals surface area contributed by atoms with Crippen molar-refractivity contribution in [1.29, 1.82) is 0 Å². The Hall–Kier alpha value is -1.26. The predicted molar refractivity (Wildman–Crippen MR) is 78.5 cm³/mol. The quantitative estimate of drug-likeness (QED) is 0.915. The molecule has 19 heavy (non-hydrogen) atoms. The lowest BCUT2D eigenvalue weighted by Crippen LogP contribution is -2.23. The van der Waals surface area contributed by atoms with Gasteiger partial charge in [-0.1, -0.05) is 18.5 Å². The highest BCUT2D eigenvalue weighted by Crippen LogP contribution is 2.21. The van der Waals surface area contributed by atoms with Gasteiger partial charge in [0.15, 0.2) is 0 Å². The van der Waals surface area contributed by atoms with E-state index in [2.05, 4.69) is 34.9 Å². The monoisotopic (exact) mass is 280 g/mol. The second-order valence-electron chi connectivity index (χ2n) is 4.98. The third-order valence-corrected chi connectivity index (χ3v) is 3.99. The summed E-state index contributed by atoms with van der Waals surface area (Å²) in [5.74, 6) is 0. The maximum atomic E-state index is 6.28. The van der Waals surface area contributed by atoms with Gasteiger partial charge in [0.05, 0.1) is 12.2 Å². The molecule has 0 amide bonds. The van der Waals surface area contributed by atoms with Crippen molar-refractivity contribution in [3.63, 3.8) is 0 Å². The lowest BCUT2D eigenvalue weighted by Gasteiger charge is -2.12. The summed E-state index contributed by atoms with van der Waals surface area (Å²) >= 11 is 6.28. The van der Waals surface area contributed by atoms with Gasteiger partial charge in [-0.25, -0.2) is 0 Å². The van der Waals surface area contributed by atoms with Gasteiger partial charge in [0, 0.05) is 37.0 Å². The fourth-order valence-corrected chi connectivity index (χ4v) is 2.46. The predicted octanol–water partition coefficient (Wildman–Crippen LogP) is 2.51. The third-order valence-electron chi connectivity index (χ3n) is 3.52. The topological polar surface area (TPSA) is 48.8 Å². The maximum Gasteiger partial charge on any atom is 0.131 e. The van der Waals surface area contributed by atoms with Crippen molar-refractivity contribution < 1.29 is 0 Å². The first kappa shape index (κ1) is 14.2. The molecular formula is C14H21ClN4. The average Bonchev–Trinajstić information content (AvgIpc) is 2.90. The van der Waals surface area contributed by atoms with Gasteiger partial charge in [0.1, 0.15) is 5.15 Å². The van der Waals surface area contributed by atoms with Crippen LogP contribution in [0.25, 0.3) is 0 Å². The van der Waals surface area contributed by atoms with Crippen molar-refractivity contribution in [2.24, 2.45) is 12.8 Å². The van der Waals surface area contributed by atoms with Crippen molar-refractivity contribution in [3.05, 3.63) is 40.4 Å². The minimum Gasteiger partial charge on any atom is -0.347 e. The Balaban J connectivity index is 2.22. The Morgan fingerprint density at radius 1 is 1.47 bits per heavy atom. The average molecular weight is 281 g/mol. The van der Waals surface area contributed by atoms with Gasteiger partial charge >= 0.3 is 0 Å². The molecule has 0 saturated heterocycles. The molecule has 0 saturated carbocycles. The molecule has 2 aromatic rings. The smallest absolute Gasteiger partial charge is 0.131 e. The second kappa shape index (κ2) is 5.80. The van der Waals surface area contributed by atoms with Gasteiger partial charge in [-0.05, 0) is 25.5 Å². The van der Waals surface area contributed by atoms with Crippen LogP contribution in [0.15, 0.2) is 18.3 Å². The first-order chi connectivity index (χ1) is 9.02. The summed E-state index contributed by atoms with van der Waals surface area (Å²) in [6.45, 7) is 4.85. The van der Waals surface area contributed by atoms with E-state index < -0.39 is 0 Å². The van der Waals surface area contributed by atoms with Crippen LogP contribution in [0.2, 0.25) is 5.15 Å². The molecule has 2 rings (SSSR count). The Morgan fingerprint density at radius 3 is 2.79 bits per heavy atom. The number of nitrogens with two attached hydrogens (primary N) is 1. The summed E-state index contributed by atoms with van der Waals surface area (Å²) in [5, 5.41) is 5.05. The van der Waals surface area contributed by atoms with E-state index in [4.69, 9.17) is 17.3 Å². The molecule has 0 aromatic carbocycles. The van der Waals surface area contributed by atoms with E-state index in [-0.39, 0.29) is 6.04 Å². The molecule has 0 fully saturated rings. The van der Waals surface area contributed by atoms with Gasteiger partial charge in [-0.3, -0.25) is 4.68 Å². The van der Waals surface area contributed by atoms with Crippen LogP contribution in [-0.4, -0.2) is 20.4 Å². The molecule has 1 unspecified atom stereocenters. The number of hydrogen-bond donors (Lipinski definition) is 1. The van der Waals surface area contributed by atoms with Crippen molar-refractivity contribution in [3.8, 4) is 0 Å². The number of nitrogens with zero attached hydrogens (tertiary/aromatic N) is 3. The lowest BCUT2D eigenvalue weighted by atomic mass is 10.1. The van der Waals surface area contributed by atoms with Crippen molar-refractivity contribution in [1.82, 2.24) is 14.3 Å². The zero-order chi connectivity index (χ0) is 14.0. The van der Waals surface area contributed by atoms with Gasteiger partial charge in [0.2, 0.25) is 0 Å². The van der Waals surface area contributed by atoms with Crippen LogP contribution >= 0.6 is 11.6 Å². The number of rotatable bonds is 5. The van der Waals surface area contributed by atoms with Crippen LogP contribution in [0.4, 0.5) is 0 Å². The van der Waals surface area contributed by atoms with E-state index in [0.717, 1.165) is 30.6 Å². The van der Waals surface area contributed by atoms with Crippen LogP contribution in [0, 0.1) is 6.92 Å². The molecule has 0 spiro atoms. The molecule has 0 aliphatic rings. The van der Waals surface area contributed by atoms with Crippen molar-refractivity contribution in [2.75, 3.05) is 0 Å². The van der Waals surface area contributed by atoms with Crippen molar-refractivity contribution >= 4 is 11.6 Å². The largest absolute Gasteiger partial charge is 0.347 e. The van der Waals surface area contributed by atoms with Crippen LogP contribution in [-0.2, 0) is 20.0 Å². The molecule has 4 nitrogen and oxygen atoms in total. The zero-order valence-electron chi connectivity index (χ0n) is 11.7. The molecule has 0 radical (unpaired) electrons. The zero-order valence-corrected chi connectivity index (χ0v) is 12.5. The number of hydrogen-bond acceptors (Lipinski definition) is 2. The molecular weight excluding hydrogens is 260 g/mol. The van der Waals surface area contributed by atoms with E-state index in [1.54, 1.807) is 4.68 Å². The second-order valence-corrected chi connectivity index (χ2v) is 5.34. The highest BCUT2D eigenvalue weighted by molar-refractivity contribution is 6.30. The van der Waals surface area contributed by atoms with Crippen molar-refractivity contribution in [2.45, 2.75) is 39.3 Å². The van der Waals surface area contributed by atoms with Crippen LogP contribution < -0.4 is 5.73 Å². The SMILES string of the molecule is CCC(N)Cc1cccn1Cc1c(C)nn(C)c1Cl. The Bertz CT molecular complexity index is 556. The molecule has 0 aliphatic heterocycles. The normalized spacial score (nSPS) is 12.9. The molecule has 0 aliphatic carbocycles. The summed E-state index contributed by atoms with van der Waals surface area (Å²) in [6, 6.07) is 4.38. The molecule has 2 N–H and O–H groups in total. The van der Waals surface area contributed by atoms with Gasteiger partial charge < -0.3 is 10.3 Å². The standard InChI is InChI=1S/C14H21ClN4/c1-4-11(16)8-12-6-5-7-19(12)9-13-10(2)17-18(3)14(13)15/h5-7,11H,4,8-9,16H2,1-3H3. The fourth-order valence-electron chi connectivity index (χ4n) is 2.23. The van der Waals surface area contributed by atoms with E-state index in [1.807, 2.05) is 14.0 Å². The van der Waals surface area contributed by atoms with Gasteiger partial charge in [-0.2, -0.15) is 5.10 Å². The number of halogens is 1. The summed E-state index contributed by atoms with van der Waals surface area (Å²) in [7, 11) is 1.86. The van der Waals surface area contributed by atoms with Crippen LogP contribution in [0.3, 0.4) is 0 Å². The van der Waals surface area contributed by atoms with E-state index >= 15 is 0 Å². The maximum absolute atomic E-state index is 6.28. The van der Waals surface area contributed by atoms with E-state index in [1.165, 1.54) is 5.69 Å². The summed E-state index contributed by atoms with van der Waals surface area (Å²) < 4.78 is 3.92. The Morgan fingerprint density at radius 2 is 2.21 bits per heavy atom.